The number of carbonyl (C=O) groups is 2. The van der Waals surface area contributed by atoms with E-state index >= 15 is 0 Å². The SMILES string of the molecule is Cc1ccc(Cn2ccsc2=NC(=O)C2CCN(C(=O)c3cccs3)CC2)cc1. The molecular weight excluding hydrogens is 402 g/mol. The number of hydrogen-bond donors (Lipinski definition) is 0. The van der Waals surface area contributed by atoms with Crippen molar-refractivity contribution in [2.24, 2.45) is 10.9 Å². The second-order valence-corrected chi connectivity index (χ2v) is 9.11. The van der Waals surface area contributed by atoms with Crippen LogP contribution in [0.2, 0.25) is 0 Å². The first-order chi connectivity index (χ1) is 14.1. The molecule has 4 rings (SSSR count). The zero-order valence-electron chi connectivity index (χ0n) is 16.3. The fourth-order valence-electron chi connectivity index (χ4n) is 3.47. The van der Waals surface area contributed by atoms with Crippen LogP contribution in [0.15, 0.2) is 58.3 Å². The van der Waals surface area contributed by atoms with Gasteiger partial charge in [-0.25, -0.2) is 0 Å². The summed E-state index contributed by atoms with van der Waals surface area (Å²) in [6.45, 7) is 3.98. The molecule has 3 heterocycles. The number of likely N-dealkylation sites (tertiary alicyclic amines) is 1. The van der Waals surface area contributed by atoms with Crippen molar-refractivity contribution in [3.63, 3.8) is 0 Å². The number of thiazole rings is 1. The molecule has 150 valence electrons. The summed E-state index contributed by atoms with van der Waals surface area (Å²) in [6.07, 6.45) is 3.31. The van der Waals surface area contributed by atoms with E-state index in [1.54, 1.807) is 0 Å². The normalized spacial score (nSPS) is 15.6. The second-order valence-electron chi connectivity index (χ2n) is 7.29. The quantitative estimate of drug-likeness (QED) is 0.636. The lowest BCUT2D eigenvalue weighted by Crippen LogP contribution is -2.40. The number of amides is 2. The first-order valence-corrected chi connectivity index (χ1v) is 11.5. The molecule has 1 saturated heterocycles. The van der Waals surface area contributed by atoms with Gasteiger partial charge >= 0.3 is 0 Å². The fraction of sp³-hybridized carbons (Fsp3) is 0.318. The van der Waals surface area contributed by atoms with Gasteiger partial charge in [-0.05, 0) is 36.8 Å². The molecule has 0 unspecified atom stereocenters. The van der Waals surface area contributed by atoms with Crippen LogP contribution in [0.3, 0.4) is 0 Å². The van der Waals surface area contributed by atoms with Gasteiger partial charge in [-0.15, -0.1) is 22.7 Å². The Labute approximate surface area is 178 Å². The van der Waals surface area contributed by atoms with Crippen molar-refractivity contribution in [3.8, 4) is 0 Å². The first-order valence-electron chi connectivity index (χ1n) is 9.71. The van der Waals surface area contributed by atoms with Crippen LogP contribution in [0.4, 0.5) is 0 Å². The number of thiophene rings is 1. The van der Waals surface area contributed by atoms with Crippen LogP contribution in [-0.4, -0.2) is 34.4 Å². The topological polar surface area (TPSA) is 54.7 Å². The smallest absolute Gasteiger partial charge is 0.263 e. The molecule has 2 amide bonds. The Kier molecular flexibility index (Phi) is 6.06. The summed E-state index contributed by atoms with van der Waals surface area (Å²) in [5, 5.41) is 3.87. The molecule has 0 radical (unpaired) electrons. The van der Waals surface area contributed by atoms with Gasteiger partial charge in [-0.2, -0.15) is 4.99 Å². The minimum Gasteiger partial charge on any atom is -0.338 e. The van der Waals surface area contributed by atoms with Crippen molar-refractivity contribution < 1.29 is 9.59 Å². The van der Waals surface area contributed by atoms with E-state index in [1.165, 1.54) is 33.8 Å². The Hall–Kier alpha value is -2.51. The Morgan fingerprint density at radius 3 is 2.52 bits per heavy atom. The molecule has 5 nitrogen and oxygen atoms in total. The average molecular weight is 426 g/mol. The fourth-order valence-corrected chi connectivity index (χ4v) is 4.89. The number of aromatic nitrogens is 1. The Bertz CT molecular complexity index is 1040. The van der Waals surface area contributed by atoms with E-state index in [9.17, 15) is 9.59 Å². The van der Waals surface area contributed by atoms with Crippen LogP contribution in [0.1, 0.15) is 33.6 Å². The molecule has 0 spiro atoms. The lowest BCUT2D eigenvalue weighted by molar-refractivity contribution is -0.123. The maximum Gasteiger partial charge on any atom is 0.263 e. The van der Waals surface area contributed by atoms with E-state index in [-0.39, 0.29) is 17.7 Å². The van der Waals surface area contributed by atoms with Gasteiger partial charge in [0.1, 0.15) is 0 Å². The van der Waals surface area contributed by atoms with Gasteiger partial charge in [0.15, 0.2) is 4.80 Å². The second kappa shape index (κ2) is 8.88. The highest BCUT2D eigenvalue weighted by molar-refractivity contribution is 7.12. The molecule has 0 bridgehead atoms. The van der Waals surface area contributed by atoms with Crippen LogP contribution in [0.25, 0.3) is 0 Å². The Balaban J connectivity index is 1.40. The molecule has 2 aromatic heterocycles. The van der Waals surface area contributed by atoms with Gasteiger partial charge in [0.25, 0.3) is 11.8 Å². The van der Waals surface area contributed by atoms with Crippen molar-refractivity contribution in [3.05, 3.63) is 74.2 Å². The third-order valence-corrected chi connectivity index (χ3v) is 6.85. The highest BCUT2D eigenvalue weighted by Crippen LogP contribution is 2.21. The molecule has 1 aromatic carbocycles. The summed E-state index contributed by atoms with van der Waals surface area (Å²) in [7, 11) is 0. The monoisotopic (exact) mass is 425 g/mol. The van der Waals surface area contributed by atoms with Crippen LogP contribution in [-0.2, 0) is 11.3 Å². The third kappa shape index (κ3) is 4.74. The van der Waals surface area contributed by atoms with Crippen LogP contribution in [0.5, 0.6) is 0 Å². The molecule has 0 atom stereocenters. The van der Waals surface area contributed by atoms with E-state index < -0.39 is 0 Å². The average Bonchev–Trinajstić information content (AvgIpc) is 3.42. The van der Waals surface area contributed by atoms with Gasteiger partial charge in [0, 0.05) is 37.1 Å². The van der Waals surface area contributed by atoms with Gasteiger partial charge in [0.05, 0.1) is 4.88 Å². The van der Waals surface area contributed by atoms with E-state index in [0.29, 0.717) is 32.5 Å². The molecule has 0 aliphatic carbocycles. The van der Waals surface area contributed by atoms with Crippen molar-refractivity contribution in [2.45, 2.75) is 26.3 Å². The Morgan fingerprint density at radius 2 is 1.83 bits per heavy atom. The van der Waals surface area contributed by atoms with Crippen LogP contribution < -0.4 is 4.80 Å². The Morgan fingerprint density at radius 1 is 1.07 bits per heavy atom. The van der Waals surface area contributed by atoms with E-state index in [0.717, 1.165) is 9.68 Å². The zero-order valence-corrected chi connectivity index (χ0v) is 17.9. The van der Waals surface area contributed by atoms with E-state index in [2.05, 4.69) is 36.2 Å². The maximum atomic E-state index is 12.7. The third-order valence-electron chi connectivity index (χ3n) is 5.20. The standard InChI is InChI=1S/C22H23N3O2S2/c1-16-4-6-17(7-5-16)15-25-12-14-29-22(25)23-20(26)18-8-10-24(11-9-18)21(27)19-3-2-13-28-19/h2-7,12-14,18H,8-11,15H2,1H3. The van der Waals surface area contributed by atoms with Gasteiger partial charge in [0.2, 0.25) is 0 Å². The van der Waals surface area contributed by atoms with Crippen LogP contribution >= 0.6 is 22.7 Å². The molecule has 3 aromatic rings. The molecule has 29 heavy (non-hydrogen) atoms. The number of benzene rings is 1. The number of hydrogen-bond acceptors (Lipinski definition) is 4. The predicted molar refractivity (Wildman–Crippen MR) is 116 cm³/mol. The first kappa shape index (κ1) is 19.8. The summed E-state index contributed by atoms with van der Waals surface area (Å²) in [5.41, 5.74) is 2.41. The highest BCUT2D eigenvalue weighted by atomic mass is 32.1. The molecule has 1 aliphatic heterocycles. The molecular formula is C22H23N3O2S2. The number of nitrogens with zero attached hydrogens (tertiary/aromatic N) is 3. The lowest BCUT2D eigenvalue weighted by atomic mass is 9.96. The predicted octanol–water partition coefficient (Wildman–Crippen LogP) is 3.95. The minimum absolute atomic E-state index is 0.0667. The summed E-state index contributed by atoms with van der Waals surface area (Å²) >= 11 is 2.94. The minimum atomic E-state index is -0.114. The van der Waals surface area contributed by atoms with Crippen molar-refractivity contribution >= 4 is 34.5 Å². The summed E-state index contributed by atoms with van der Waals surface area (Å²) in [4.78, 5) is 33.0. The largest absolute Gasteiger partial charge is 0.338 e. The van der Waals surface area contributed by atoms with Crippen molar-refractivity contribution in [1.82, 2.24) is 9.47 Å². The molecule has 1 aliphatic rings. The summed E-state index contributed by atoms with van der Waals surface area (Å²) in [6, 6.07) is 12.1. The molecule has 0 saturated carbocycles. The maximum absolute atomic E-state index is 12.7. The molecule has 1 fully saturated rings. The van der Waals surface area contributed by atoms with E-state index in [1.807, 2.05) is 38.6 Å². The summed E-state index contributed by atoms with van der Waals surface area (Å²) < 4.78 is 2.02. The van der Waals surface area contributed by atoms with Gasteiger partial charge in [-0.3, -0.25) is 9.59 Å². The number of aryl methyl sites for hydroxylation is 1. The number of rotatable bonds is 4. The summed E-state index contributed by atoms with van der Waals surface area (Å²) in [5.74, 6) is -0.123. The van der Waals surface area contributed by atoms with Crippen molar-refractivity contribution in [1.29, 1.82) is 0 Å². The molecule has 7 heteroatoms. The lowest BCUT2D eigenvalue weighted by Gasteiger charge is -2.30. The van der Waals surface area contributed by atoms with Gasteiger partial charge < -0.3 is 9.47 Å². The van der Waals surface area contributed by atoms with E-state index in [4.69, 9.17) is 0 Å². The van der Waals surface area contributed by atoms with Gasteiger partial charge in [-0.1, -0.05) is 35.9 Å². The highest BCUT2D eigenvalue weighted by Gasteiger charge is 2.28. The van der Waals surface area contributed by atoms with Crippen molar-refractivity contribution in [2.75, 3.05) is 13.1 Å². The number of carbonyl (C=O) groups excluding carboxylic acids is 2. The van der Waals surface area contributed by atoms with Crippen LogP contribution in [0, 0.1) is 12.8 Å². The number of piperidine rings is 1. The zero-order chi connectivity index (χ0) is 20.2. The molecule has 0 N–H and O–H groups in total.